The molecule has 5 nitrogen and oxygen atoms in total. The molecular weight excluding hydrogens is 350 g/mol. The molecule has 5 heteroatoms. The molecule has 1 fully saturated rings. The molecule has 2 aliphatic rings. The van der Waals surface area contributed by atoms with E-state index in [2.05, 4.69) is 17.1 Å². The molecular formula is C23H27N3O2. The average molecular weight is 377 g/mol. The highest BCUT2D eigenvalue weighted by Crippen LogP contribution is 2.27. The molecule has 146 valence electrons. The summed E-state index contributed by atoms with van der Waals surface area (Å²) in [7, 11) is 0. The molecule has 0 atom stereocenters. The number of hydrogen-bond acceptors (Lipinski definition) is 3. The van der Waals surface area contributed by atoms with Crippen molar-refractivity contribution in [2.75, 3.05) is 34.8 Å². The molecule has 0 bridgehead atoms. The van der Waals surface area contributed by atoms with Gasteiger partial charge in [-0.25, -0.2) is 0 Å². The SMILES string of the molecule is CC1CCN(c2ccc(NC(=O)C(=O)N3CCCc4ccccc43)cc2)CC1. The smallest absolute Gasteiger partial charge is 0.316 e. The van der Waals surface area contributed by atoms with Crippen LogP contribution in [-0.2, 0) is 16.0 Å². The summed E-state index contributed by atoms with van der Waals surface area (Å²) in [6.07, 6.45) is 4.24. The molecule has 2 heterocycles. The van der Waals surface area contributed by atoms with E-state index < -0.39 is 11.8 Å². The molecule has 2 amide bonds. The highest BCUT2D eigenvalue weighted by Gasteiger charge is 2.27. The Morgan fingerprint density at radius 2 is 1.68 bits per heavy atom. The van der Waals surface area contributed by atoms with Crippen molar-refractivity contribution in [3.05, 3.63) is 54.1 Å². The highest BCUT2D eigenvalue weighted by atomic mass is 16.2. The van der Waals surface area contributed by atoms with Crippen molar-refractivity contribution >= 4 is 28.9 Å². The van der Waals surface area contributed by atoms with Gasteiger partial charge in [-0.3, -0.25) is 9.59 Å². The van der Waals surface area contributed by atoms with Crippen LogP contribution in [0.15, 0.2) is 48.5 Å². The zero-order valence-corrected chi connectivity index (χ0v) is 16.4. The third kappa shape index (κ3) is 3.88. The van der Waals surface area contributed by atoms with Gasteiger partial charge in [-0.05, 0) is 67.5 Å². The van der Waals surface area contributed by atoms with E-state index in [0.29, 0.717) is 12.2 Å². The predicted molar refractivity (Wildman–Crippen MR) is 113 cm³/mol. The summed E-state index contributed by atoms with van der Waals surface area (Å²) in [4.78, 5) is 29.2. The molecule has 0 spiro atoms. The Bertz CT molecular complexity index is 854. The Hall–Kier alpha value is -2.82. The Balaban J connectivity index is 1.40. The lowest BCUT2D eigenvalue weighted by molar-refractivity contribution is -0.134. The summed E-state index contributed by atoms with van der Waals surface area (Å²) in [6.45, 7) is 5.02. The van der Waals surface area contributed by atoms with Crippen LogP contribution in [0.5, 0.6) is 0 Å². The monoisotopic (exact) mass is 377 g/mol. The van der Waals surface area contributed by atoms with Gasteiger partial charge in [-0.2, -0.15) is 0 Å². The number of aryl methyl sites for hydroxylation is 1. The van der Waals surface area contributed by atoms with E-state index in [1.807, 2.05) is 48.5 Å². The van der Waals surface area contributed by atoms with Gasteiger partial charge in [0.1, 0.15) is 0 Å². The van der Waals surface area contributed by atoms with Crippen LogP contribution in [0.3, 0.4) is 0 Å². The molecule has 0 unspecified atom stereocenters. The number of benzene rings is 2. The predicted octanol–water partition coefficient (Wildman–Crippen LogP) is 3.84. The van der Waals surface area contributed by atoms with Crippen molar-refractivity contribution in [3.8, 4) is 0 Å². The maximum absolute atomic E-state index is 12.7. The first-order valence-corrected chi connectivity index (χ1v) is 10.2. The van der Waals surface area contributed by atoms with E-state index >= 15 is 0 Å². The van der Waals surface area contributed by atoms with Crippen molar-refractivity contribution in [2.45, 2.75) is 32.6 Å². The number of fused-ring (bicyclic) bond motifs is 1. The lowest BCUT2D eigenvalue weighted by atomic mass is 9.99. The van der Waals surface area contributed by atoms with Crippen molar-refractivity contribution in [1.82, 2.24) is 0 Å². The molecule has 2 aliphatic heterocycles. The molecule has 0 radical (unpaired) electrons. The molecule has 4 rings (SSSR count). The van der Waals surface area contributed by atoms with Crippen LogP contribution >= 0.6 is 0 Å². The van der Waals surface area contributed by atoms with Crippen LogP contribution in [0.4, 0.5) is 17.1 Å². The van der Waals surface area contributed by atoms with Gasteiger partial charge in [0.15, 0.2) is 0 Å². The number of carbonyl (C=O) groups excluding carboxylic acids is 2. The minimum Gasteiger partial charge on any atom is -0.372 e. The van der Waals surface area contributed by atoms with Gasteiger partial charge in [0.25, 0.3) is 0 Å². The van der Waals surface area contributed by atoms with E-state index in [4.69, 9.17) is 0 Å². The van der Waals surface area contributed by atoms with Gasteiger partial charge < -0.3 is 15.1 Å². The van der Waals surface area contributed by atoms with Gasteiger partial charge in [0.05, 0.1) is 0 Å². The molecule has 2 aromatic rings. The molecule has 28 heavy (non-hydrogen) atoms. The minimum atomic E-state index is -0.587. The van der Waals surface area contributed by atoms with Crippen LogP contribution < -0.4 is 15.1 Å². The van der Waals surface area contributed by atoms with Crippen LogP contribution in [-0.4, -0.2) is 31.4 Å². The zero-order chi connectivity index (χ0) is 19.5. The zero-order valence-electron chi connectivity index (χ0n) is 16.4. The van der Waals surface area contributed by atoms with Crippen molar-refractivity contribution in [1.29, 1.82) is 0 Å². The number of para-hydroxylation sites is 1. The standard InChI is InChI=1S/C23H27N3O2/c1-17-12-15-25(16-13-17)20-10-8-19(9-11-20)24-22(27)23(28)26-14-4-6-18-5-2-3-7-21(18)26/h2-3,5,7-11,17H,4,6,12-16H2,1H3,(H,24,27). The summed E-state index contributed by atoms with van der Waals surface area (Å²) < 4.78 is 0. The van der Waals surface area contributed by atoms with Crippen LogP contribution in [0, 0.1) is 5.92 Å². The molecule has 1 N–H and O–H groups in total. The van der Waals surface area contributed by atoms with Gasteiger partial charge in [0.2, 0.25) is 0 Å². The van der Waals surface area contributed by atoms with Gasteiger partial charge in [0, 0.05) is 36.7 Å². The van der Waals surface area contributed by atoms with Crippen LogP contribution in [0.1, 0.15) is 31.7 Å². The van der Waals surface area contributed by atoms with Gasteiger partial charge >= 0.3 is 11.8 Å². The summed E-state index contributed by atoms with van der Waals surface area (Å²) in [5.41, 5.74) is 3.79. The van der Waals surface area contributed by atoms with E-state index in [0.717, 1.165) is 43.1 Å². The van der Waals surface area contributed by atoms with Crippen molar-refractivity contribution in [2.24, 2.45) is 5.92 Å². The summed E-state index contributed by atoms with van der Waals surface area (Å²) in [5, 5.41) is 2.76. The number of piperidine rings is 1. The summed E-state index contributed by atoms with van der Waals surface area (Å²) in [5.74, 6) is -0.293. The van der Waals surface area contributed by atoms with Crippen molar-refractivity contribution in [3.63, 3.8) is 0 Å². The number of nitrogens with one attached hydrogen (secondary N) is 1. The van der Waals surface area contributed by atoms with Crippen molar-refractivity contribution < 1.29 is 9.59 Å². The van der Waals surface area contributed by atoms with Gasteiger partial charge in [-0.15, -0.1) is 0 Å². The lowest BCUT2D eigenvalue weighted by Gasteiger charge is -2.32. The second-order valence-corrected chi connectivity index (χ2v) is 7.86. The normalized spacial score (nSPS) is 17.2. The number of amides is 2. The van der Waals surface area contributed by atoms with E-state index in [1.54, 1.807) is 4.90 Å². The number of rotatable bonds is 2. The lowest BCUT2D eigenvalue weighted by Crippen LogP contribution is -2.42. The second-order valence-electron chi connectivity index (χ2n) is 7.86. The number of anilines is 3. The Labute approximate surface area is 166 Å². The maximum atomic E-state index is 12.7. The fourth-order valence-corrected chi connectivity index (χ4v) is 4.07. The molecule has 0 aromatic heterocycles. The Morgan fingerprint density at radius 3 is 2.43 bits per heavy atom. The van der Waals surface area contributed by atoms with E-state index in [9.17, 15) is 9.59 Å². The first kappa shape index (κ1) is 18.5. The van der Waals surface area contributed by atoms with E-state index in [1.165, 1.54) is 18.5 Å². The first-order valence-electron chi connectivity index (χ1n) is 10.2. The second kappa shape index (κ2) is 8.05. The number of carbonyl (C=O) groups is 2. The van der Waals surface area contributed by atoms with Crippen LogP contribution in [0.25, 0.3) is 0 Å². The summed E-state index contributed by atoms with van der Waals surface area (Å²) >= 11 is 0. The largest absolute Gasteiger partial charge is 0.372 e. The molecule has 0 aliphatic carbocycles. The first-order chi connectivity index (χ1) is 13.6. The molecule has 1 saturated heterocycles. The summed E-state index contributed by atoms with van der Waals surface area (Å²) in [6, 6.07) is 15.6. The van der Waals surface area contributed by atoms with E-state index in [-0.39, 0.29) is 0 Å². The number of nitrogens with zero attached hydrogens (tertiary/aromatic N) is 2. The topological polar surface area (TPSA) is 52.7 Å². The Kier molecular flexibility index (Phi) is 5.33. The van der Waals surface area contributed by atoms with Gasteiger partial charge in [-0.1, -0.05) is 25.1 Å². The minimum absolute atomic E-state index is 0.499. The Morgan fingerprint density at radius 1 is 0.964 bits per heavy atom. The average Bonchev–Trinajstić information content (AvgIpc) is 2.74. The fraction of sp³-hybridized carbons (Fsp3) is 0.391. The third-order valence-electron chi connectivity index (χ3n) is 5.82. The number of hydrogen-bond donors (Lipinski definition) is 1. The fourth-order valence-electron chi connectivity index (χ4n) is 4.07. The molecule has 2 aromatic carbocycles. The maximum Gasteiger partial charge on any atom is 0.316 e. The quantitative estimate of drug-likeness (QED) is 0.809. The third-order valence-corrected chi connectivity index (χ3v) is 5.82. The molecule has 0 saturated carbocycles. The highest BCUT2D eigenvalue weighted by molar-refractivity contribution is 6.44. The van der Waals surface area contributed by atoms with Crippen LogP contribution in [0.2, 0.25) is 0 Å².